The fourth-order valence-electron chi connectivity index (χ4n) is 2.33. The summed E-state index contributed by atoms with van der Waals surface area (Å²) in [5, 5.41) is 6.08. The van der Waals surface area contributed by atoms with Gasteiger partial charge in [-0.05, 0) is 31.0 Å². The van der Waals surface area contributed by atoms with Gasteiger partial charge >= 0.3 is 6.03 Å². The number of benzene rings is 1. The van der Waals surface area contributed by atoms with Crippen LogP contribution in [0, 0.1) is 0 Å². The van der Waals surface area contributed by atoms with Crippen LogP contribution < -0.4 is 10.6 Å². The number of rotatable bonds is 4. The summed E-state index contributed by atoms with van der Waals surface area (Å²) in [5.74, 6) is 0.0532. The fraction of sp³-hybridized carbons (Fsp3) is 0.333. The number of nitrogens with one attached hydrogen (secondary N) is 2. The zero-order valence-electron chi connectivity index (χ0n) is 11.5. The standard InChI is InChI=1S/C15H17ClN2O2/c1-3-4-12(19)13-9(2)17-15(20)18-14(13)10-5-7-11(16)8-6-10/h5-8,14H,3-4H2,1-2H3,(H2,17,18,20). The Balaban J connectivity index is 2.41. The number of Topliss-reactive ketones (excluding diaryl/α,β-unsaturated/α-hetero) is 1. The van der Waals surface area contributed by atoms with E-state index in [1.54, 1.807) is 19.1 Å². The van der Waals surface area contributed by atoms with E-state index in [2.05, 4.69) is 10.6 Å². The minimum Gasteiger partial charge on any atom is -0.327 e. The SMILES string of the molecule is CCCC(=O)C1=C(C)NC(=O)NC1c1ccc(Cl)cc1. The van der Waals surface area contributed by atoms with E-state index < -0.39 is 6.04 Å². The minimum atomic E-state index is -0.417. The second kappa shape index (κ2) is 6.09. The van der Waals surface area contributed by atoms with Gasteiger partial charge in [0.15, 0.2) is 5.78 Å². The van der Waals surface area contributed by atoms with E-state index in [1.807, 2.05) is 19.1 Å². The number of hydrogen-bond donors (Lipinski definition) is 2. The van der Waals surface area contributed by atoms with Crippen molar-refractivity contribution in [2.24, 2.45) is 0 Å². The Morgan fingerprint density at radius 3 is 2.55 bits per heavy atom. The van der Waals surface area contributed by atoms with Gasteiger partial charge in [-0.2, -0.15) is 0 Å². The zero-order chi connectivity index (χ0) is 14.7. The molecule has 1 heterocycles. The molecule has 0 saturated carbocycles. The molecule has 0 bridgehead atoms. The molecule has 1 atom stereocenters. The molecule has 0 spiro atoms. The highest BCUT2D eigenvalue weighted by atomic mass is 35.5. The van der Waals surface area contributed by atoms with E-state index in [9.17, 15) is 9.59 Å². The van der Waals surface area contributed by atoms with Crippen LogP contribution in [0.2, 0.25) is 5.02 Å². The molecule has 5 heteroatoms. The second-order valence-corrected chi connectivity index (χ2v) is 5.23. The third-order valence-corrected chi connectivity index (χ3v) is 3.50. The first-order valence-electron chi connectivity index (χ1n) is 6.60. The van der Waals surface area contributed by atoms with Crippen LogP contribution in [-0.2, 0) is 4.79 Å². The molecular weight excluding hydrogens is 276 g/mol. The van der Waals surface area contributed by atoms with E-state index in [4.69, 9.17) is 11.6 Å². The monoisotopic (exact) mass is 292 g/mol. The van der Waals surface area contributed by atoms with Gasteiger partial charge in [-0.1, -0.05) is 30.7 Å². The molecule has 2 amide bonds. The van der Waals surface area contributed by atoms with Gasteiger partial charge in [-0.15, -0.1) is 0 Å². The predicted molar refractivity (Wildman–Crippen MR) is 78.5 cm³/mol. The molecular formula is C15H17ClN2O2. The normalized spacial score (nSPS) is 18.6. The summed E-state index contributed by atoms with van der Waals surface area (Å²) in [6.45, 7) is 3.71. The molecule has 0 aliphatic carbocycles. The van der Waals surface area contributed by atoms with Crippen molar-refractivity contribution in [1.82, 2.24) is 10.6 Å². The Kier molecular flexibility index (Phi) is 4.45. The molecule has 0 fully saturated rings. The summed E-state index contributed by atoms with van der Waals surface area (Å²) in [4.78, 5) is 23.9. The van der Waals surface area contributed by atoms with Gasteiger partial charge in [0.05, 0.1) is 6.04 Å². The number of carbonyl (C=O) groups is 2. The van der Waals surface area contributed by atoms with E-state index in [-0.39, 0.29) is 11.8 Å². The Morgan fingerprint density at radius 1 is 1.30 bits per heavy atom. The topological polar surface area (TPSA) is 58.2 Å². The maximum atomic E-state index is 12.3. The molecule has 4 nitrogen and oxygen atoms in total. The summed E-state index contributed by atoms with van der Waals surface area (Å²) in [6.07, 6.45) is 1.24. The van der Waals surface area contributed by atoms with Crippen LogP contribution >= 0.6 is 11.6 Å². The lowest BCUT2D eigenvalue weighted by Gasteiger charge is -2.28. The van der Waals surface area contributed by atoms with Crippen molar-refractivity contribution in [3.63, 3.8) is 0 Å². The Morgan fingerprint density at radius 2 is 1.95 bits per heavy atom. The fourth-order valence-corrected chi connectivity index (χ4v) is 2.46. The van der Waals surface area contributed by atoms with E-state index in [1.165, 1.54) is 0 Å². The van der Waals surface area contributed by atoms with Crippen LogP contribution in [0.25, 0.3) is 0 Å². The third kappa shape index (κ3) is 3.02. The van der Waals surface area contributed by atoms with Crippen LogP contribution in [0.3, 0.4) is 0 Å². The number of urea groups is 1. The van der Waals surface area contributed by atoms with Crippen molar-refractivity contribution in [3.05, 3.63) is 46.1 Å². The average Bonchev–Trinajstić information content (AvgIpc) is 2.38. The number of halogens is 1. The number of hydrogen-bond acceptors (Lipinski definition) is 2. The van der Waals surface area contributed by atoms with Crippen molar-refractivity contribution in [2.75, 3.05) is 0 Å². The molecule has 1 aromatic carbocycles. The van der Waals surface area contributed by atoms with Crippen molar-refractivity contribution in [3.8, 4) is 0 Å². The Labute approximate surface area is 123 Å². The first kappa shape index (κ1) is 14.6. The molecule has 0 aromatic heterocycles. The zero-order valence-corrected chi connectivity index (χ0v) is 12.3. The summed E-state index contributed by atoms with van der Waals surface area (Å²) < 4.78 is 0. The highest BCUT2D eigenvalue weighted by Crippen LogP contribution is 2.29. The highest BCUT2D eigenvalue weighted by Gasteiger charge is 2.30. The van der Waals surface area contributed by atoms with Gasteiger partial charge in [-0.25, -0.2) is 4.79 Å². The molecule has 1 unspecified atom stereocenters. The summed E-state index contributed by atoms with van der Waals surface area (Å²) >= 11 is 5.88. The molecule has 2 rings (SSSR count). The van der Waals surface area contributed by atoms with Gasteiger partial charge in [-0.3, -0.25) is 4.79 Å². The van der Waals surface area contributed by atoms with Crippen LogP contribution in [-0.4, -0.2) is 11.8 Å². The van der Waals surface area contributed by atoms with Crippen LogP contribution in [0.15, 0.2) is 35.5 Å². The van der Waals surface area contributed by atoms with Crippen LogP contribution in [0.4, 0.5) is 4.79 Å². The molecule has 106 valence electrons. The lowest BCUT2D eigenvalue weighted by Crippen LogP contribution is -2.45. The lowest BCUT2D eigenvalue weighted by atomic mass is 9.91. The van der Waals surface area contributed by atoms with Crippen molar-refractivity contribution in [1.29, 1.82) is 0 Å². The molecule has 20 heavy (non-hydrogen) atoms. The summed E-state index contributed by atoms with van der Waals surface area (Å²) in [5.41, 5.74) is 2.09. The van der Waals surface area contributed by atoms with Gasteiger partial charge < -0.3 is 10.6 Å². The van der Waals surface area contributed by atoms with Gasteiger partial charge in [0, 0.05) is 22.7 Å². The van der Waals surface area contributed by atoms with Crippen molar-refractivity contribution >= 4 is 23.4 Å². The van der Waals surface area contributed by atoms with Crippen molar-refractivity contribution < 1.29 is 9.59 Å². The predicted octanol–water partition coefficient (Wildman–Crippen LogP) is 3.34. The van der Waals surface area contributed by atoms with Crippen molar-refractivity contribution in [2.45, 2.75) is 32.7 Å². The molecule has 1 aliphatic heterocycles. The summed E-state index contributed by atoms with van der Waals surface area (Å²) in [6, 6.07) is 6.44. The Hall–Kier alpha value is -1.81. The average molecular weight is 293 g/mol. The van der Waals surface area contributed by atoms with Gasteiger partial charge in [0.1, 0.15) is 0 Å². The Bertz CT molecular complexity index is 564. The first-order chi connectivity index (χ1) is 9.52. The van der Waals surface area contributed by atoms with E-state index >= 15 is 0 Å². The second-order valence-electron chi connectivity index (χ2n) is 4.79. The largest absolute Gasteiger partial charge is 0.327 e. The third-order valence-electron chi connectivity index (χ3n) is 3.25. The van der Waals surface area contributed by atoms with E-state index in [0.717, 1.165) is 12.0 Å². The molecule has 1 aromatic rings. The maximum absolute atomic E-state index is 12.3. The number of carbonyl (C=O) groups excluding carboxylic acids is 2. The minimum absolute atomic E-state index is 0.0532. The number of allylic oxidation sites excluding steroid dienone is 1. The molecule has 1 aliphatic rings. The first-order valence-corrected chi connectivity index (χ1v) is 6.97. The molecule has 0 saturated heterocycles. The van der Waals surface area contributed by atoms with Gasteiger partial charge in [0.25, 0.3) is 0 Å². The van der Waals surface area contributed by atoms with Crippen LogP contribution in [0.1, 0.15) is 38.3 Å². The summed E-state index contributed by atoms with van der Waals surface area (Å²) in [7, 11) is 0. The van der Waals surface area contributed by atoms with Gasteiger partial charge in [0.2, 0.25) is 0 Å². The highest BCUT2D eigenvalue weighted by molar-refractivity contribution is 6.30. The molecule has 2 N–H and O–H groups in total. The smallest absolute Gasteiger partial charge is 0.319 e. The van der Waals surface area contributed by atoms with E-state index in [0.29, 0.717) is 22.7 Å². The maximum Gasteiger partial charge on any atom is 0.319 e. The number of amides is 2. The van der Waals surface area contributed by atoms with Crippen LogP contribution in [0.5, 0.6) is 0 Å². The molecule has 0 radical (unpaired) electrons. The quantitative estimate of drug-likeness (QED) is 0.894. The lowest BCUT2D eigenvalue weighted by molar-refractivity contribution is -0.116. The number of ketones is 1.